The van der Waals surface area contributed by atoms with E-state index in [1.165, 1.54) is 18.3 Å². The third-order valence-electron chi connectivity index (χ3n) is 4.33. The van der Waals surface area contributed by atoms with Gasteiger partial charge in [-0.05, 0) is 37.6 Å². The molecule has 8 heteroatoms. The molecular weight excluding hydrogens is 332 g/mol. The molecule has 0 amide bonds. The number of aromatic nitrogens is 5. The Kier molecular flexibility index (Phi) is 4.08. The minimum atomic E-state index is -0.987. The van der Waals surface area contributed by atoms with E-state index < -0.39 is 5.97 Å². The van der Waals surface area contributed by atoms with Crippen molar-refractivity contribution in [2.75, 3.05) is 11.4 Å². The first kappa shape index (κ1) is 16.2. The van der Waals surface area contributed by atoms with Gasteiger partial charge in [0.1, 0.15) is 0 Å². The Balaban J connectivity index is 1.65. The summed E-state index contributed by atoms with van der Waals surface area (Å²) in [5, 5.41) is 13.7. The number of rotatable bonds is 3. The van der Waals surface area contributed by atoms with Gasteiger partial charge in [-0.25, -0.2) is 14.8 Å². The van der Waals surface area contributed by atoms with Crippen LogP contribution in [-0.2, 0) is 13.1 Å². The van der Waals surface area contributed by atoms with E-state index in [9.17, 15) is 4.79 Å². The lowest BCUT2D eigenvalue weighted by atomic mass is 10.2. The van der Waals surface area contributed by atoms with Crippen molar-refractivity contribution in [3.8, 4) is 11.4 Å². The zero-order valence-electron chi connectivity index (χ0n) is 14.3. The summed E-state index contributed by atoms with van der Waals surface area (Å²) in [7, 11) is 0. The van der Waals surface area contributed by atoms with Crippen molar-refractivity contribution in [1.29, 1.82) is 0 Å². The number of aryl methyl sites for hydroxylation is 2. The van der Waals surface area contributed by atoms with Gasteiger partial charge in [0.15, 0.2) is 0 Å². The van der Waals surface area contributed by atoms with Crippen molar-refractivity contribution in [3.63, 3.8) is 0 Å². The molecule has 0 aromatic carbocycles. The number of hydrogen-bond donors (Lipinski definition) is 1. The van der Waals surface area contributed by atoms with Crippen LogP contribution >= 0.6 is 0 Å². The smallest absolute Gasteiger partial charge is 0.335 e. The van der Waals surface area contributed by atoms with Crippen LogP contribution in [0.25, 0.3) is 11.4 Å². The number of carboxylic acids is 1. The van der Waals surface area contributed by atoms with Gasteiger partial charge < -0.3 is 10.0 Å². The van der Waals surface area contributed by atoms with Crippen LogP contribution < -0.4 is 4.90 Å². The highest BCUT2D eigenvalue weighted by atomic mass is 16.4. The zero-order chi connectivity index (χ0) is 18.1. The Morgan fingerprint density at radius 2 is 1.96 bits per heavy atom. The molecule has 0 saturated heterocycles. The highest BCUT2D eigenvalue weighted by Gasteiger charge is 2.18. The normalized spacial score (nSPS) is 14.0. The fourth-order valence-electron chi connectivity index (χ4n) is 3.12. The van der Waals surface area contributed by atoms with Gasteiger partial charge >= 0.3 is 5.97 Å². The molecule has 0 fully saturated rings. The molecule has 0 bridgehead atoms. The molecule has 1 aliphatic rings. The van der Waals surface area contributed by atoms with Crippen LogP contribution in [0.1, 0.15) is 28.2 Å². The maximum absolute atomic E-state index is 11.2. The van der Waals surface area contributed by atoms with Gasteiger partial charge in [0.05, 0.1) is 34.9 Å². The average molecular weight is 350 g/mol. The fraction of sp³-hybridized carbons (Fsp3) is 0.278. The molecule has 0 spiro atoms. The van der Waals surface area contributed by atoms with Gasteiger partial charge in [-0.3, -0.25) is 9.67 Å². The van der Waals surface area contributed by atoms with Crippen LogP contribution in [0.5, 0.6) is 0 Å². The quantitative estimate of drug-likeness (QED) is 0.773. The van der Waals surface area contributed by atoms with Crippen molar-refractivity contribution in [2.45, 2.75) is 26.4 Å². The van der Waals surface area contributed by atoms with Crippen molar-refractivity contribution in [1.82, 2.24) is 24.7 Å². The van der Waals surface area contributed by atoms with Crippen molar-refractivity contribution in [2.24, 2.45) is 0 Å². The minimum Gasteiger partial charge on any atom is -0.478 e. The highest BCUT2D eigenvalue weighted by molar-refractivity contribution is 5.88. The molecule has 4 rings (SSSR count). The first-order chi connectivity index (χ1) is 12.6. The topological polar surface area (TPSA) is 97.0 Å². The second kappa shape index (κ2) is 6.55. The highest BCUT2D eigenvalue weighted by Crippen LogP contribution is 2.21. The largest absolute Gasteiger partial charge is 0.478 e. The number of fused-ring (bicyclic) bond motifs is 1. The Hall–Kier alpha value is -3.29. The van der Waals surface area contributed by atoms with E-state index in [2.05, 4.69) is 31.0 Å². The predicted molar refractivity (Wildman–Crippen MR) is 94.9 cm³/mol. The first-order valence-electron chi connectivity index (χ1n) is 8.41. The van der Waals surface area contributed by atoms with Gasteiger partial charge in [-0.15, -0.1) is 0 Å². The number of nitrogens with zero attached hydrogens (tertiary/aromatic N) is 6. The lowest BCUT2D eigenvalue weighted by Crippen LogP contribution is -2.24. The summed E-state index contributed by atoms with van der Waals surface area (Å²) in [6.45, 7) is 4.38. The summed E-state index contributed by atoms with van der Waals surface area (Å²) in [6.07, 6.45) is 4.11. The molecule has 1 aliphatic heterocycles. The van der Waals surface area contributed by atoms with E-state index in [4.69, 9.17) is 5.11 Å². The Labute approximate surface area is 150 Å². The van der Waals surface area contributed by atoms with Crippen molar-refractivity contribution in [3.05, 3.63) is 53.6 Å². The number of anilines is 1. The summed E-state index contributed by atoms with van der Waals surface area (Å²) in [6, 6.07) is 6.81. The zero-order valence-corrected chi connectivity index (χ0v) is 14.3. The van der Waals surface area contributed by atoms with Crippen LogP contribution in [0.15, 0.2) is 36.7 Å². The third-order valence-corrected chi connectivity index (χ3v) is 4.33. The molecular formula is C18H18N6O2. The van der Waals surface area contributed by atoms with Gasteiger partial charge in [-0.1, -0.05) is 0 Å². The summed E-state index contributed by atoms with van der Waals surface area (Å²) >= 11 is 0. The lowest BCUT2D eigenvalue weighted by Gasteiger charge is -2.20. The van der Waals surface area contributed by atoms with Gasteiger partial charge in [-0.2, -0.15) is 5.10 Å². The molecule has 0 atom stereocenters. The number of hydrogen-bond acceptors (Lipinski definition) is 6. The van der Waals surface area contributed by atoms with E-state index in [1.807, 2.05) is 11.6 Å². The summed E-state index contributed by atoms with van der Waals surface area (Å²) in [5.41, 5.74) is 3.45. The van der Waals surface area contributed by atoms with Crippen LogP contribution in [-0.4, -0.2) is 42.4 Å². The lowest BCUT2D eigenvalue weighted by molar-refractivity contribution is 0.0697. The fourth-order valence-corrected chi connectivity index (χ4v) is 3.12. The molecule has 3 aromatic rings. The summed E-state index contributed by atoms with van der Waals surface area (Å²) in [5.74, 6) is -0.378. The molecule has 8 nitrogen and oxygen atoms in total. The number of pyridine rings is 1. The van der Waals surface area contributed by atoms with E-state index >= 15 is 0 Å². The van der Waals surface area contributed by atoms with E-state index in [0.29, 0.717) is 23.9 Å². The van der Waals surface area contributed by atoms with Crippen LogP contribution in [0.3, 0.4) is 0 Å². The Bertz CT molecular complexity index is 968. The molecule has 0 radical (unpaired) electrons. The van der Waals surface area contributed by atoms with E-state index in [1.54, 1.807) is 12.3 Å². The van der Waals surface area contributed by atoms with E-state index in [0.717, 1.165) is 30.9 Å². The van der Waals surface area contributed by atoms with E-state index in [-0.39, 0.29) is 5.56 Å². The molecule has 0 unspecified atom stereocenters. The number of carbonyl (C=O) groups is 1. The van der Waals surface area contributed by atoms with Crippen LogP contribution in [0, 0.1) is 6.92 Å². The molecule has 4 heterocycles. The predicted octanol–water partition coefficient (Wildman–Crippen LogP) is 2.15. The number of carboxylic acid groups (broad SMARTS) is 1. The summed E-state index contributed by atoms with van der Waals surface area (Å²) in [4.78, 5) is 26.6. The molecule has 26 heavy (non-hydrogen) atoms. The van der Waals surface area contributed by atoms with Crippen LogP contribution in [0.4, 0.5) is 5.95 Å². The Morgan fingerprint density at radius 1 is 1.12 bits per heavy atom. The molecule has 132 valence electrons. The SMILES string of the molecule is Cc1cc2n(n1)CCCN(c1nccc(-c3cc(C(=O)O)ccn3)n1)C2. The van der Waals surface area contributed by atoms with Crippen molar-refractivity contribution >= 4 is 11.9 Å². The monoisotopic (exact) mass is 350 g/mol. The third kappa shape index (κ3) is 3.13. The van der Waals surface area contributed by atoms with Gasteiger partial charge in [0, 0.05) is 25.5 Å². The minimum absolute atomic E-state index is 0.185. The van der Waals surface area contributed by atoms with Gasteiger partial charge in [0.25, 0.3) is 0 Å². The maximum Gasteiger partial charge on any atom is 0.335 e. The summed E-state index contributed by atoms with van der Waals surface area (Å²) < 4.78 is 2.04. The Morgan fingerprint density at radius 3 is 2.81 bits per heavy atom. The van der Waals surface area contributed by atoms with Crippen LogP contribution in [0.2, 0.25) is 0 Å². The first-order valence-corrected chi connectivity index (χ1v) is 8.41. The molecule has 0 saturated carbocycles. The average Bonchev–Trinajstić information content (AvgIpc) is 2.88. The molecule has 1 N–H and O–H groups in total. The number of aromatic carboxylic acids is 1. The molecule has 3 aromatic heterocycles. The standard InChI is InChI=1S/C18H18N6O2/c1-12-9-14-11-23(7-2-8-24(14)22-12)18-20-6-4-15(21-18)16-10-13(17(25)26)3-5-19-16/h3-6,9-10H,2,7-8,11H2,1H3,(H,25,26). The maximum atomic E-state index is 11.2. The molecule has 0 aliphatic carbocycles. The van der Waals surface area contributed by atoms with Crippen molar-refractivity contribution < 1.29 is 9.90 Å². The van der Waals surface area contributed by atoms with Gasteiger partial charge in [0.2, 0.25) is 5.95 Å². The second-order valence-corrected chi connectivity index (χ2v) is 6.25. The second-order valence-electron chi connectivity index (χ2n) is 6.25.